The molecule has 0 spiro atoms. The molecule has 0 amide bonds. The third-order valence-electron chi connectivity index (χ3n) is 5.92. The predicted molar refractivity (Wildman–Crippen MR) is 122 cm³/mol. The molecule has 0 radical (unpaired) electrons. The minimum absolute atomic E-state index is 0.172. The van der Waals surface area contributed by atoms with E-state index in [1.807, 2.05) is 31.8 Å². The number of halogens is 1. The van der Waals surface area contributed by atoms with E-state index in [2.05, 4.69) is 27.4 Å². The molecule has 0 aromatic heterocycles. The van der Waals surface area contributed by atoms with Crippen LogP contribution in [0, 0.1) is 12.7 Å². The minimum atomic E-state index is -0.172. The van der Waals surface area contributed by atoms with Gasteiger partial charge in [-0.15, -0.1) is 0 Å². The molecule has 5 nitrogen and oxygen atoms in total. The highest BCUT2D eigenvalue weighted by molar-refractivity contribution is 8.00. The number of benzene rings is 1. The van der Waals surface area contributed by atoms with Crippen molar-refractivity contribution >= 4 is 23.4 Å². The Balaban J connectivity index is 1.57. The van der Waals surface area contributed by atoms with Crippen molar-refractivity contribution in [1.82, 2.24) is 10.6 Å². The smallest absolute Gasteiger partial charge is 0.191 e. The summed E-state index contributed by atoms with van der Waals surface area (Å²) in [5, 5.41) is 7.20. The normalized spacial score (nSPS) is 22.4. The lowest BCUT2D eigenvalue weighted by Gasteiger charge is -2.38. The molecule has 2 N–H and O–H groups in total. The van der Waals surface area contributed by atoms with E-state index in [0.717, 1.165) is 81.5 Å². The van der Waals surface area contributed by atoms with Gasteiger partial charge in [-0.3, -0.25) is 4.99 Å². The van der Waals surface area contributed by atoms with Crippen LogP contribution in [0.3, 0.4) is 0 Å². The molecule has 2 saturated heterocycles. The second kappa shape index (κ2) is 10.5. The molecule has 2 heterocycles. The number of hydrogen-bond donors (Lipinski definition) is 2. The van der Waals surface area contributed by atoms with Gasteiger partial charge in [-0.2, -0.15) is 11.8 Å². The van der Waals surface area contributed by atoms with Gasteiger partial charge in [0.2, 0.25) is 0 Å². The summed E-state index contributed by atoms with van der Waals surface area (Å²) in [6.45, 7) is 8.70. The number of guanidine groups is 1. The summed E-state index contributed by atoms with van der Waals surface area (Å²) in [5.74, 6) is 1.81. The Bertz CT molecular complexity index is 688. The molecule has 2 aliphatic heterocycles. The third-order valence-corrected chi connectivity index (χ3v) is 7.37. The van der Waals surface area contributed by atoms with E-state index in [4.69, 9.17) is 4.74 Å². The van der Waals surface area contributed by atoms with E-state index >= 15 is 0 Å². The summed E-state index contributed by atoms with van der Waals surface area (Å²) in [6.07, 6.45) is 4.38. The fourth-order valence-corrected chi connectivity index (χ4v) is 5.58. The lowest BCUT2D eigenvalue weighted by Crippen LogP contribution is -2.54. The van der Waals surface area contributed by atoms with Crippen molar-refractivity contribution < 1.29 is 9.13 Å². The lowest BCUT2D eigenvalue weighted by atomic mass is 9.99. The van der Waals surface area contributed by atoms with Gasteiger partial charge in [-0.25, -0.2) is 4.39 Å². The maximum atomic E-state index is 13.5. The van der Waals surface area contributed by atoms with Crippen LogP contribution in [0.2, 0.25) is 0 Å². The number of aryl methyl sites for hydroxylation is 1. The van der Waals surface area contributed by atoms with Crippen molar-refractivity contribution in [1.29, 1.82) is 0 Å². The van der Waals surface area contributed by atoms with Crippen LogP contribution < -0.4 is 15.5 Å². The fraction of sp³-hybridized carbons (Fsp3) is 0.682. The quantitative estimate of drug-likeness (QED) is 0.542. The van der Waals surface area contributed by atoms with E-state index in [0.29, 0.717) is 6.04 Å². The van der Waals surface area contributed by atoms with E-state index in [1.165, 1.54) is 0 Å². The largest absolute Gasteiger partial charge is 0.381 e. The topological polar surface area (TPSA) is 48.9 Å². The van der Waals surface area contributed by atoms with Gasteiger partial charge >= 0.3 is 0 Å². The number of aliphatic imine (C=N–C) groups is 1. The van der Waals surface area contributed by atoms with Crippen molar-refractivity contribution in [2.75, 3.05) is 50.5 Å². The van der Waals surface area contributed by atoms with Gasteiger partial charge in [0.1, 0.15) is 5.82 Å². The zero-order valence-corrected chi connectivity index (χ0v) is 18.8. The standard InChI is InChI=1S/C22H35FN4OS/c1-4-29-22(9-12-28-13-10-22)16-25-21(24-3)26-19-6-5-11-27(15-19)20-8-7-18(23)14-17(20)2/h7-8,14,19H,4-6,9-13,15-16H2,1-3H3,(H2,24,25,26). The Morgan fingerprint density at radius 2 is 2.17 bits per heavy atom. The van der Waals surface area contributed by atoms with Crippen molar-refractivity contribution in [3.8, 4) is 0 Å². The molecule has 162 valence electrons. The molecule has 29 heavy (non-hydrogen) atoms. The van der Waals surface area contributed by atoms with Crippen LogP contribution in [-0.4, -0.2) is 62.4 Å². The van der Waals surface area contributed by atoms with Gasteiger partial charge in [0.15, 0.2) is 5.96 Å². The molecule has 2 aliphatic rings. The fourth-order valence-electron chi connectivity index (χ4n) is 4.34. The average Bonchev–Trinajstić information content (AvgIpc) is 2.72. The highest BCUT2D eigenvalue weighted by Gasteiger charge is 2.33. The summed E-state index contributed by atoms with van der Waals surface area (Å²) < 4.78 is 19.3. The Kier molecular flexibility index (Phi) is 8.07. The molecule has 0 bridgehead atoms. The molecule has 1 unspecified atom stereocenters. The number of rotatable bonds is 6. The van der Waals surface area contributed by atoms with E-state index < -0.39 is 0 Å². The maximum Gasteiger partial charge on any atom is 0.191 e. The summed E-state index contributed by atoms with van der Waals surface area (Å²) in [5.41, 5.74) is 2.12. The van der Waals surface area contributed by atoms with Crippen LogP contribution in [-0.2, 0) is 4.74 Å². The van der Waals surface area contributed by atoms with E-state index in [9.17, 15) is 4.39 Å². The zero-order chi connectivity index (χ0) is 20.7. The van der Waals surface area contributed by atoms with Gasteiger partial charge in [0.05, 0.1) is 0 Å². The number of piperidine rings is 1. The monoisotopic (exact) mass is 422 g/mol. The second-order valence-corrected chi connectivity index (χ2v) is 9.75. The summed E-state index contributed by atoms with van der Waals surface area (Å²) in [7, 11) is 1.84. The molecule has 3 rings (SSSR count). The molecule has 0 saturated carbocycles. The number of ether oxygens (including phenoxy) is 1. The number of thioether (sulfide) groups is 1. The molecular weight excluding hydrogens is 387 g/mol. The van der Waals surface area contributed by atoms with Gasteiger partial charge in [0, 0.05) is 56.4 Å². The molecule has 1 aromatic rings. The summed E-state index contributed by atoms with van der Waals surface area (Å²) >= 11 is 2.03. The SMILES string of the molecule is CCSC1(CNC(=NC)NC2CCCN(c3ccc(F)cc3C)C2)CCOCC1. The van der Waals surface area contributed by atoms with Gasteiger partial charge in [0.25, 0.3) is 0 Å². The summed E-state index contributed by atoms with van der Waals surface area (Å²) in [4.78, 5) is 6.83. The average molecular weight is 423 g/mol. The van der Waals surface area contributed by atoms with Crippen LogP contribution in [0.25, 0.3) is 0 Å². The Morgan fingerprint density at radius 1 is 1.38 bits per heavy atom. The molecule has 7 heteroatoms. The molecule has 0 aliphatic carbocycles. The first-order chi connectivity index (χ1) is 14.0. The number of nitrogens with zero attached hydrogens (tertiary/aromatic N) is 2. The van der Waals surface area contributed by atoms with Crippen molar-refractivity contribution in [2.24, 2.45) is 4.99 Å². The van der Waals surface area contributed by atoms with Crippen LogP contribution in [0.1, 0.15) is 38.2 Å². The molecular formula is C22H35FN4OS. The Morgan fingerprint density at radius 3 is 2.86 bits per heavy atom. The molecule has 2 fully saturated rings. The van der Waals surface area contributed by atoms with Crippen molar-refractivity contribution in [3.63, 3.8) is 0 Å². The third kappa shape index (κ3) is 6.01. The maximum absolute atomic E-state index is 13.5. The zero-order valence-electron chi connectivity index (χ0n) is 18.0. The lowest BCUT2D eigenvalue weighted by molar-refractivity contribution is 0.0782. The van der Waals surface area contributed by atoms with Crippen molar-refractivity contribution in [2.45, 2.75) is 50.3 Å². The highest BCUT2D eigenvalue weighted by atomic mass is 32.2. The van der Waals surface area contributed by atoms with Crippen LogP contribution in [0.4, 0.5) is 10.1 Å². The molecule has 1 aromatic carbocycles. The number of anilines is 1. The van der Waals surface area contributed by atoms with Gasteiger partial charge < -0.3 is 20.3 Å². The van der Waals surface area contributed by atoms with Crippen LogP contribution in [0.5, 0.6) is 0 Å². The van der Waals surface area contributed by atoms with Crippen molar-refractivity contribution in [3.05, 3.63) is 29.6 Å². The molecule has 1 atom stereocenters. The summed E-state index contributed by atoms with van der Waals surface area (Å²) in [6, 6.07) is 5.39. The van der Waals surface area contributed by atoms with E-state index in [-0.39, 0.29) is 10.6 Å². The van der Waals surface area contributed by atoms with E-state index in [1.54, 1.807) is 12.1 Å². The first-order valence-electron chi connectivity index (χ1n) is 10.8. The first kappa shape index (κ1) is 22.2. The Labute approximate surface area is 178 Å². The number of hydrogen-bond acceptors (Lipinski definition) is 4. The first-order valence-corrected chi connectivity index (χ1v) is 11.7. The van der Waals surface area contributed by atoms with Gasteiger partial charge in [-0.05, 0) is 62.1 Å². The second-order valence-electron chi connectivity index (χ2n) is 8.01. The predicted octanol–water partition coefficient (Wildman–Crippen LogP) is 3.57. The van der Waals surface area contributed by atoms with Crippen LogP contribution >= 0.6 is 11.8 Å². The highest BCUT2D eigenvalue weighted by Crippen LogP contribution is 2.34. The van der Waals surface area contributed by atoms with Crippen LogP contribution in [0.15, 0.2) is 23.2 Å². The number of nitrogens with one attached hydrogen (secondary N) is 2. The Hall–Kier alpha value is -1.47. The van der Waals surface area contributed by atoms with Gasteiger partial charge in [-0.1, -0.05) is 6.92 Å². The minimum Gasteiger partial charge on any atom is -0.381 e.